The molecule has 0 saturated carbocycles. The van der Waals surface area contributed by atoms with E-state index in [1.165, 1.54) is 30.6 Å². The third-order valence-corrected chi connectivity index (χ3v) is 4.07. The van der Waals surface area contributed by atoms with Crippen LogP contribution in [-0.4, -0.2) is 18.6 Å². The monoisotopic (exact) mass is 335 g/mol. The molecule has 1 aromatic rings. The molecule has 0 atom stereocenters. The third-order valence-electron chi connectivity index (χ3n) is 2.53. The van der Waals surface area contributed by atoms with Gasteiger partial charge in [0.1, 0.15) is 0 Å². The first-order valence-electron chi connectivity index (χ1n) is 5.87. The molecule has 0 radical (unpaired) electrons. The quantitative estimate of drug-likeness (QED) is 0.689. The van der Waals surface area contributed by atoms with Crippen molar-refractivity contribution in [2.24, 2.45) is 0 Å². The van der Waals surface area contributed by atoms with E-state index in [0.29, 0.717) is 0 Å². The van der Waals surface area contributed by atoms with Gasteiger partial charge < -0.3 is 5.32 Å². The van der Waals surface area contributed by atoms with Gasteiger partial charge in [0, 0.05) is 16.0 Å². The van der Waals surface area contributed by atoms with E-state index in [1.807, 2.05) is 23.9 Å². The summed E-state index contributed by atoms with van der Waals surface area (Å²) in [4.78, 5) is 0. The summed E-state index contributed by atoms with van der Waals surface area (Å²) in [7, 11) is 0. The molecule has 4 heteroatoms. The van der Waals surface area contributed by atoms with Crippen LogP contribution in [0.15, 0.2) is 22.7 Å². The highest BCUT2D eigenvalue weighted by molar-refractivity contribution is 9.10. The van der Waals surface area contributed by atoms with E-state index in [9.17, 15) is 0 Å². The third kappa shape index (κ3) is 6.70. The number of unbranched alkanes of at least 4 members (excludes halogenated alkanes) is 2. The molecule has 0 amide bonds. The highest BCUT2D eigenvalue weighted by Crippen LogP contribution is 2.21. The number of benzene rings is 1. The predicted molar refractivity (Wildman–Crippen MR) is 83.1 cm³/mol. The maximum absolute atomic E-state index is 6.14. The Hall–Kier alpha value is 0.300. The van der Waals surface area contributed by atoms with E-state index in [1.54, 1.807) is 0 Å². The average Bonchev–Trinajstić information content (AvgIpc) is 2.30. The Morgan fingerprint density at radius 1 is 1.29 bits per heavy atom. The second kappa shape index (κ2) is 9.26. The van der Waals surface area contributed by atoms with Crippen LogP contribution in [-0.2, 0) is 6.54 Å². The molecule has 17 heavy (non-hydrogen) atoms. The lowest BCUT2D eigenvalue weighted by atomic mass is 10.2. The zero-order valence-electron chi connectivity index (χ0n) is 10.1. The van der Waals surface area contributed by atoms with Crippen molar-refractivity contribution >= 4 is 39.3 Å². The Labute approximate surface area is 122 Å². The molecule has 0 saturated heterocycles. The number of thioether (sulfide) groups is 1. The van der Waals surface area contributed by atoms with Crippen molar-refractivity contribution in [3.05, 3.63) is 33.3 Å². The molecule has 0 unspecified atom stereocenters. The van der Waals surface area contributed by atoms with Gasteiger partial charge in [0.15, 0.2) is 0 Å². The summed E-state index contributed by atoms with van der Waals surface area (Å²) in [5.74, 6) is 1.28. The van der Waals surface area contributed by atoms with Crippen molar-refractivity contribution in [3.8, 4) is 0 Å². The molecule has 0 aliphatic carbocycles. The average molecular weight is 337 g/mol. The molecule has 0 aliphatic heterocycles. The highest BCUT2D eigenvalue weighted by atomic mass is 79.9. The fourth-order valence-corrected chi connectivity index (χ4v) is 2.79. The van der Waals surface area contributed by atoms with Crippen molar-refractivity contribution in [1.29, 1.82) is 0 Å². The number of rotatable bonds is 8. The number of halogens is 2. The summed E-state index contributed by atoms with van der Waals surface area (Å²) in [6.45, 7) is 1.93. The van der Waals surface area contributed by atoms with E-state index < -0.39 is 0 Å². The molecular weight excluding hydrogens is 318 g/mol. The molecule has 96 valence electrons. The summed E-state index contributed by atoms with van der Waals surface area (Å²) in [6.07, 6.45) is 6.03. The van der Waals surface area contributed by atoms with Crippen LogP contribution in [0.25, 0.3) is 0 Å². The fourth-order valence-electron chi connectivity index (χ4n) is 1.56. The fraction of sp³-hybridized carbons (Fsp3) is 0.538. The van der Waals surface area contributed by atoms with Gasteiger partial charge in [-0.2, -0.15) is 11.8 Å². The Morgan fingerprint density at radius 3 is 2.82 bits per heavy atom. The van der Waals surface area contributed by atoms with Crippen molar-refractivity contribution in [1.82, 2.24) is 5.32 Å². The standard InChI is InChI=1S/C13H19BrClNS/c1-17-8-4-2-3-7-16-10-11-5-6-12(14)9-13(11)15/h5-6,9,16H,2-4,7-8,10H2,1H3. The van der Waals surface area contributed by atoms with Gasteiger partial charge in [-0.3, -0.25) is 0 Å². The molecule has 0 heterocycles. The van der Waals surface area contributed by atoms with Crippen molar-refractivity contribution in [2.45, 2.75) is 25.8 Å². The van der Waals surface area contributed by atoms with E-state index >= 15 is 0 Å². The summed E-state index contributed by atoms with van der Waals surface area (Å²) >= 11 is 11.5. The van der Waals surface area contributed by atoms with E-state index in [-0.39, 0.29) is 0 Å². The lowest BCUT2D eigenvalue weighted by molar-refractivity contribution is 0.618. The van der Waals surface area contributed by atoms with Crippen LogP contribution in [0.5, 0.6) is 0 Å². The maximum Gasteiger partial charge on any atom is 0.0462 e. The molecule has 1 N–H and O–H groups in total. The number of hydrogen-bond donors (Lipinski definition) is 1. The molecule has 1 rings (SSSR count). The first-order valence-corrected chi connectivity index (χ1v) is 8.44. The van der Waals surface area contributed by atoms with Gasteiger partial charge in [0.25, 0.3) is 0 Å². The van der Waals surface area contributed by atoms with Crippen molar-refractivity contribution < 1.29 is 0 Å². The molecule has 0 bridgehead atoms. The van der Waals surface area contributed by atoms with Gasteiger partial charge in [-0.1, -0.05) is 40.0 Å². The minimum atomic E-state index is 0.828. The minimum Gasteiger partial charge on any atom is -0.313 e. The van der Waals surface area contributed by atoms with Crippen LogP contribution in [0.1, 0.15) is 24.8 Å². The summed E-state index contributed by atoms with van der Waals surface area (Å²) in [5, 5.41) is 4.26. The molecule has 0 aliphatic rings. The van der Waals surface area contributed by atoms with Crippen LogP contribution in [0.4, 0.5) is 0 Å². The topological polar surface area (TPSA) is 12.0 Å². The first-order chi connectivity index (χ1) is 8.24. The molecule has 1 nitrogen and oxygen atoms in total. The molecular formula is C13H19BrClNS. The smallest absolute Gasteiger partial charge is 0.0462 e. The Bertz CT molecular complexity index is 333. The minimum absolute atomic E-state index is 0.828. The van der Waals surface area contributed by atoms with E-state index in [2.05, 4.69) is 33.6 Å². The van der Waals surface area contributed by atoms with Gasteiger partial charge >= 0.3 is 0 Å². The summed E-state index contributed by atoms with van der Waals surface area (Å²) in [5.41, 5.74) is 1.17. The summed E-state index contributed by atoms with van der Waals surface area (Å²) < 4.78 is 1.03. The second-order valence-electron chi connectivity index (χ2n) is 3.97. The van der Waals surface area contributed by atoms with Crippen LogP contribution in [0, 0.1) is 0 Å². The molecule has 1 aromatic carbocycles. The van der Waals surface area contributed by atoms with E-state index in [0.717, 1.165) is 22.6 Å². The van der Waals surface area contributed by atoms with Crippen molar-refractivity contribution in [2.75, 3.05) is 18.6 Å². The molecule has 0 spiro atoms. The van der Waals surface area contributed by atoms with Gasteiger partial charge in [-0.05, 0) is 49.1 Å². The van der Waals surface area contributed by atoms with Gasteiger partial charge in [-0.25, -0.2) is 0 Å². The zero-order valence-corrected chi connectivity index (χ0v) is 13.3. The Kier molecular flexibility index (Phi) is 8.36. The van der Waals surface area contributed by atoms with Gasteiger partial charge in [0.05, 0.1) is 0 Å². The van der Waals surface area contributed by atoms with Crippen LogP contribution in [0.3, 0.4) is 0 Å². The highest BCUT2D eigenvalue weighted by Gasteiger charge is 2.00. The lowest BCUT2D eigenvalue weighted by Crippen LogP contribution is -2.14. The van der Waals surface area contributed by atoms with Crippen LogP contribution >= 0.6 is 39.3 Å². The second-order valence-corrected chi connectivity index (χ2v) is 6.27. The SMILES string of the molecule is CSCCCCCNCc1ccc(Br)cc1Cl. The number of nitrogens with one attached hydrogen (secondary N) is 1. The number of hydrogen-bond acceptors (Lipinski definition) is 2. The summed E-state index contributed by atoms with van der Waals surface area (Å²) in [6, 6.07) is 6.03. The van der Waals surface area contributed by atoms with Gasteiger partial charge in [0.2, 0.25) is 0 Å². The largest absolute Gasteiger partial charge is 0.313 e. The molecule has 0 aromatic heterocycles. The van der Waals surface area contributed by atoms with Crippen molar-refractivity contribution in [3.63, 3.8) is 0 Å². The predicted octanol–water partition coefficient (Wildman–Crippen LogP) is 4.73. The first kappa shape index (κ1) is 15.4. The van der Waals surface area contributed by atoms with Crippen LogP contribution < -0.4 is 5.32 Å². The Morgan fingerprint density at radius 2 is 2.12 bits per heavy atom. The molecule has 0 fully saturated rings. The normalized spacial score (nSPS) is 10.8. The zero-order chi connectivity index (χ0) is 12.5. The van der Waals surface area contributed by atoms with E-state index in [4.69, 9.17) is 11.6 Å². The van der Waals surface area contributed by atoms with Gasteiger partial charge in [-0.15, -0.1) is 0 Å². The maximum atomic E-state index is 6.14. The lowest BCUT2D eigenvalue weighted by Gasteiger charge is -2.07. The van der Waals surface area contributed by atoms with Crippen LogP contribution in [0.2, 0.25) is 5.02 Å². The Balaban J connectivity index is 2.14.